The van der Waals surface area contributed by atoms with Crippen LogP contribution in [0.3, 0.4) is 0 Å². The summed E-state index contributed by atoms with van der Waals surface area (Å²) in [4.78, 5) is 24.7. The summed E-state index contributed by atoms with van der Waals surface area (Å²) in [5, 5.41) is 2.83. The van der Waals surface area contributed by atoms with Crippen LogP contribution in [0.25, 0.3) is 0 Å². The number of ether oxygens (including phenoxy) is 1. The maximum atomic E-state index is 12.6. The zero-order chi connectivity index (χ0) is 15.7. The SMILES string of the molecule is Cc1cccc(NC(=O)[C@@]2(C)Cc3ccccc3C(=O)O2)c1. The minimum Gasteiger partial charge on any atom is -0.445 e. The van der Waals surface area contributed by atoms with Gasteiger partial charge in [-0.2, -0.15) is 0 Å². The molecule has 112 valence electrons. The summed E-state index contributed by atoms with van der Waals surface area (Å²) in [6.45, 7) is 3.60. The van der Waals surface area contributed by atoms with Gasteiger partial charge in [0.05, 0.1) is 5.56 Å². The van der Waals surface area contributed by atoms with Gasteiger partial charge in [0.25, 0.3) is 5.91 Å². The third kappa shape index (κ3) is 2.60. The molecule has 0 fully saturated rings. The molecule has 0 bridgehead atoms. The third-order valence-electron chi connectivity index (χ3n) is 3.84. The van der Waals surface area contributed by atoms with Crippen LogP contribution in [-0.4, -0.2) is 17.5 Å². The second-order valence-electron chi connectivity index (χ2n) is 5.78. The molecule has 0 saturated carbocycles. The number of esters is 1. The van der Waals surface area contributed by atoms with E-state index in [1.165, 1.54) is 0 Å². The molecule has 0 spiro atoms. The lowest BCUT2D eigenvalue weighted by molar-refractivity contribution is -0.134. The smallest absolute Gasteiger partial charge is 0.339 e. The Morgan fingerprint density at radius 3 is 2.73 bits per heavy atom. The van der Waals surface area contributed by atoms with Crippen molar-refractivity contribution in [3.8, 4) is 0 Å². The lowest BCUT2D eigenvalue weighted by Gasteiger charge is -2.33. The molecule has 0 aliphatic carbocycles. The number of hydrogen-bond donors (Lipinski definition) is 1. The largest absolute Gasteiger partial charge is 0.445 e. The van der Waals surface area contributed by atoms with Crippen LogP contribution in [0.5, 0.6) is 0 Å². The van der Waals surface area contributed by atoms with Crippen LogP contribution < -0.4 is 5.32 Å². The molecule has 4 heteroatoms. The fourth-order valence-electron chi connectivity index (χ4n) is 2.65. The number of carbonyl (C=O) groups is 2. The second kappa shape index (κ2) is 5.30. The van der Waals surface area contributed by atoms with Crippen molar-refractivity contribution in [3.05, 3.63) is 65.2 Å². The van der Waals surface area contributed by atoms with Crippen molar-refractivity contribution in [2.75, 3.05) is 5.32 Å². The normalized spacial score (nSPS) is 20.0. The minimum absolute atomic E-state index is 0.319. The van der Waals surface area contributed by atoms with E-state index < -0.39 is 11.6 Å². The minimum atomic E-state index is -1.20. The highest BCUT2D eigenvalue weighted by Crippen LogP contribution is 2.29. The Kier molecular flexibility index (Phi) is 3.45. The Balaban J connectivity index is 1.85. The van der Waals surface area contributed by atoms with Crippen LogP contribution in [0.1, 0.15) is 28.4 Å². The van der Waals surface area contributed by atoms with Crippen molar-refractivity contribution in [2.24, 2.45) is 0 Å². The van der Waals surface area contributed by atoms with Crippen molar-refractivity contribution in [3.63, 3.8) is 0 Å². The molecule has 0 saturated heterocycles. The van der Waals surface area contributed by atoms with Crippen LogP contribution in [-0.2, 0) is 16.0 Å². The number of aryl methyl sites for hydroxylation is 1. The number of anilines is 1. The monoisotopic (exact) mass is 295 g/mol. The predicted octanol–water partition coefficient (Wildman–Crippen LogP) is 3.11. The van der Waals surface area contributed by atoms with E-state index in [1.54, 1.807) is 19.1 Å². The quantitative estimate of drug-likeness (QED) is 0.866. The molecule has 1 aliphatic rings. The third-order valence-corrected chi connectivity index (χ3v) is 3.84. The first kappa shape index (κ1) is 14.3. The Morgan fingerprint density at radius 1 is 1.18 bits per heavy atom. The molecule has 1 aliphatic heterocycles. The average Bonchev–Trinajstić information content (AvgIpc) is 2.47. The van der Waals surface area contributed by atoms with E-state index in [-0.39, 0.29) is 5.91 Å². The van der Waals surface area contributed by atoms with Crippen LogP contribution in [0.2, 0.25) is 0 Å². The van der Waals surface area contributed by atoms with E-state index in [2.05, 4.69) is 5.32 Å². The Hall–Kier alpha value is -2.62. The van der Waals surface area contributed by atoms with Gasteiger partial charge in [-0.15, -0.1) is 0 Å². The molecule has 0 unspecified atom stereocenters. The van der Waals surface area contributed by atoms with E-state index >= 15 is 0 Å². The molecule has 0 aromatic heterocycles. The highest BCUT2D eigenvalue weighted by molar-refractivity contribution is 6.02. The van der Waals surface area contributed by atoms with Gasteiger partial charge in [0.15, 0.2) is 5.60 Å². The van der Waals surface area contributed by atoms with E-state index in [0.717, 1.165) is 11.1 Å². The van der Waals surface area contributed by atoms with E-state index in [4.69, 9.17) is 4.74 Å². The number of benzene rings is 2. The van der Waals surface area contributed by atoms with Gasteiger partial charge in [0.2, 0.25) is 0 Å². The van der Waals surface area contributed by atoms with Crippen LogP contribution in [0.15, 0.2) is 48.5 Å². The first-order valence-corrected chi connectivity index (χ1v) is 7.17. The number of rotatable bonds is 2. The highest BCUT2D eigenvalue weighted by atomic mass is 16.6. The Labute approximate surface area is 129 Å². The Bertz CT molecular complexity index is 754. The topological polar surface area (TPSA) is 55.4 Å². The summed E-state index contributed by atoms with van der Waals surface area (Å²) in [5.41, 5.74) is 1.91. The molecule has 3 rings (SSSR count). The van der Waals surface area contributed by atoms with Crippen molar-refractivity contribution < 1.29 is 14.3 Å². The van der Waals surface area contributed by atoms with Crippen LogP contribution in [0, 0.1) is 6.92 Å². The van der Waals surface area contributed by atoms with Crippen molar-refractivity contribution >= 4 is 17.6 Å². The predicted molar refractivity (Wildman–Crippen MR) is 83.8 cm³/mol. The van der Waals surface area contributed by atoms with Gasteiger partial charge in [-0.1, -0.05) is 30.3 Å². The lowest BCUT2D eigenvalue weighted by Crippen LogP contribution is -2.48. The van der Waals surface area contributed by atoms with E-state index in [0.29, 0.717) is 17.7 Å². The highest BCUT2D eigenvalue weighted by Gasteiger charge is 2.42. The molecule has 1 atom stereocenters. The molecule has 2 aromatic carbocycles. The maximum Gasteiger partial charge on any atom is 0.339 e. The maximum absolute atomic E-state index is 12.6. The van der Waals surface area contributed by atoms with Gasteiger partial charge < -0.3 is 10.1 Å². The summed E-state index contributed by atoms with van der Waals surface area (Å²) in [6, 6.07) is 14.7. The van der Waals surface area contributed by atoms with E-state index in [9.17, 15) is 9.59 Å². The zero-order valence-electron chi connectivity index (χ0n) is 12.6. The van der Waals surface area contributed by atoms with Gasteiger partial charge in [0, 0.05) is 12.1 Å². The first-order chi connectivity index (χ1) is 10.5. The Morgan fingerprint density at radius 2 is 1.95 bits per heavy atom. The summed E-state index contributed by atoms with van der Waals surface area (Å²) >= 11 is 0. The number of amides is 1. The standard InChI is InChI=1S/C18H17NO3/c1-12-6-5-8-14(10-12)19-17(21)18(2)11-13-7-3-4-9-15(13)16(20)22-18/h3-10H,11H2,1-2H3,(H,19,21)/t18-/m1/s1. The number of carbonyl (C=O) groups excluding carboxylic acids is 2. The molecule has 22 heavy (non-hydrogen) atoms. The van der Waals surface area contributed by atoms with Gasteiger partial charge in [-0.25, -0.2) is 4.79 Å². The van der Waals surface area contributed by atoms with Crippen LogP contribution >= 0.6 is 0 Å². The molecule has 2 aromatic rings. The zero-order valence-corrected chi connectivity index (χ0v) is 12.6. The number of cyclic esters (lactones) is 1. The number of fused-ring (bicyclic) bond motifs is 1. The summed E-state index contributed by atoms with van der Waals surface area (Å²) < 4.78 is 5.41. The molecule has 1 heterocycles. The van der Waals surface area contributed by atoms with Gasteiger partial charge in [0.1, 0.15) is 0 Å². The van der Waals surface area contributed by atoms with Crippen molar-refractivity contribution in [2.45, 2.75) is 25.9 Å². The molecule has 0 radical (unpaired) electrons. The van der Waals surface area contributed by atoms with Crippen molar-refractivity contribution in [1.29, 1.82) is 0 Å². The van der Waals surface area contributed by atoms with Crippen LogP contribution in [0.4, 0.5) is 5.69 Å². The second-order valence-corrected chi connectivity index (χ2v) is 5.78. The molecular weight excluding hydrogens is 278 g/mol. The summed E-state index contributed by atoms with van der Waals surface area (Å²) in [6.07, 6.45) is 0.368. The van der Waals surface area contributed by atoms with E-state index in [1.807, 2.05) is 43.3 Å². The fraction of sp³-hybridized carbons (Fsp3) is 0.222. The number of nitrogens with one attached hydrogen (secondary N) is 1. The first-order valence-electron chi connectivity index (χ1n) is 7.17. The fourth-order valence-corrected chi connectivity index (χ4v) is 2.65. The average molecular weight is 295 g/mol. The summed E-state index contributed by atoms with van der Waals surface area (Å²) in [5.74, 6) is -0.773. The molecule has 1 amide bonds. The number of hydrogen-bond acceptors (Lipinski definition) is 3. The lowest BCUT2D eigenvalue weighted by atomic mass is 9.89. The van der Waals surface area contributed by atoms with Crippen molar-refractivity contribution in [1.82, 2.24) is 0 Å². The molecule has 1 N–H and O–H groups in total. The molecular formula is C18H17NO3. The van der Waals surface area contributed by atoms with Gasteiger partial charge >= 0.3 is 5.97 Å². The van der Waals surface area contributed by atoms with Gasteiger partial charge in [-0.05, 0) is 43.2 Å². The van der Waals surface area contributed by atoms with Gasteiger partial charge in [-0.3, -0.25) is 4.79 Å². The molecule has 4 nitrogen and oxygen atoms in total. The summed E-state index contributed by atoms with van der Waals surface area (Å²) in [7, 11) is 0.